The lowest BCUT2D eigenvalue weighted by atomic mass is 9.82. The highest BCUT2D eigenvalue weighted by Crippen LogP contribution is 2.48. The van der Waals surface area contributed by atoms with Gasteiger partial charge in [-0.2, -0.15) is 0 Å². The Morgan fingerprint density at radius 1 is 0.931 bits per heavy atom. The van der Waals surface area contributed by atoms with Crippen molar-refractivity contribution in [3.63, 3.8) is 0 Å². The molecule has 2 aliphatic rings. The molecule has 2 aliphatic carbocycles. The van der Waals surface area contributed by atoms with E-state index in [2.05, 4.69) is 16.2 Å². The van der Waals surface area contributed by atoms with Crippen molar-refractivity contribution < 1.29 is 24.3 Å². The number of carbonyl (C=O) groups is 4. The number of aliphatic carboxylic acids is 1. The van der Waals surface area contributed by atoms with Crippen molar-refractivity contribution in [1.29, 1.82) is 0 Å². The molecule has 0 radical (unpaired) electrons. The summed E-state index contributed by atoms with van der Waals surface area (Å²) >= 11 is 0. The van der Waals surface area contributed by atoms with Gasteiger partial charge in [0.15, 0.2) is 0 Å². The maximum Gasteiger partial charge on any atom is 0.307 e. The van der Waals surface area contributed by atoms with Crippen LogP contribution in [0.2, 0.25) is 0 Å². The number of allylic oxidation sites excluding steroid dienone is 2. The van der Waals surface area contributed by atoms with Gasteiger partial charge in [0.25, 0.3) is 5.91 Å². The smallest absolute Gasteiger partial charge is 0.307 e. The number of nitrogens with one attached hydrogen (secondary N) is 3. The Balaban J connectivity index is 1.57. The van der Waals surface area contributed by atoms with Crippen LogP contribution in [0.3, 0.4) is 0 Å². The van der Waals surface area contributed by atoms with Crippen molar-refractivity contribution >= 4 is 29.4 Å². The number of hydrogen-bond acceptors (Lipinski definition) is 4. The number of rotatable bonds is 4. The van der Waals surface area contributed by atoms with Gasteiger partial charge in [-0.15, -0.1) is 0 Å². The second-order valence-electron chi connectivity index (χ2n) is 8.56. The SMILES string of the molecule is CC(C)(C)C(=O)Nc1ccc(C(=O)NNC(=O)[C@H]2[C@@H](C(=O)O)[C@H]3C=C[C@H]2C3)cc1. The number of anilines is 1. The van der Waals surface area contributed by atoms with Gasteiger partial charge < -0.3 is 10.4 Å². The molecule has 154 valence electrons. The molecule has 0 spiro atoms. The van der Waals surface area contributed by atoms with Crippen LogP contribution in [0.1, 0.15) is 37.6 Å². The number of carboxylic acid groups (broad SMARTS) is 1. The average Bonchev–Trinajstić information content (AvgIpc) is 3.27. The average molecular weight is 399 g/mol. The van der Waals surface area contributed by atoms with Crippen LogP contribution in [0, 0.1) is 29.1 Å². The molecule has 2 bridgehead atoms. The van der Waals surface area contributed by atoms with E-state index in [1.807, 2.05) is 12.2 Å². The second-order valence-corrected chi connectivity index (χ2v) is 8.56. The van der Waals surface area contributed by atoms with Crippen LogP contribution in [-0.2, 0) is 14.4 Å². The molecule has 1 aromatic carbocycles. The molecule has 0 heterocycles. The van der Waals surface area contributed by atoms with Crippen molar-refractivity contribution in [2.75, 3.05) is 5.32 Å². The summed E-state index contributed by atoms with van der Waals surface area (Å²) in [5.41, 5.74) is 5.00. The van der Waals surface area contributed by atoms with Crippen LogP contribution >= 0.6 is 0 Å². The first kappa shape index (κ1) is 20.6. The first-order valence-electron chi connectivity index (χ1n) is 9.51. The Hall–Kier alpha value is -3.16. The molecular formula is C21H25N3O5. The van der Waals surface area contributed by atoms with Gasteiger partial charge in [0, 0.05) is 16.7 Å². The minimum atomic E-state index is -0.999. The zero-order valence-corrected chi connectivity index (χ0v) is 16.6. The van der Waals surface area contributed by atoms with Crippen molar-refractivity contribution in [2.24, 2.45) is 29.1 Å². The molecule has 0 unspecified atom stereocenters. The monoisotopic (exact) mass is 399 g/mol. The van der Waals surface area contributed by atoms with Gasteiger partial charge in [0.05, 0.1) is 11.8 Å². The molecule has 3 rings (SSSR count). The van der Waals surface area contributed by atoms with E-state index in [0.29, 0.717) is 17.7 Å². The summed E-state index contributed by atoms with van der Waals surface area (Å²) in [7, 11) is 0. The van der Waals surface area contributed by atoms with E-state index in [1.165, 1.54) is 12.1 Å². The summed E-state index contributed by atoms with van der Waals surface area (Å²) < 4.78 is 0. The summed E-state index contributed by atoms with van der Waals surface area (Å²) in [5, 5.41) is 12.2. The van der Waals surface area contributed by atoms with Gasteiger partial charge in [-0.3, -0.25) is 30.0 Å². The minimum absolute atomic E-state index is 0.122. The van der Waals surface area contributed by atoms with E-state index in [-0.39, 0.29) is 17.7 Å². The Bertz CT molecular complexity index is 869. The number of benzene rings is 1. The lowest BCUT2D eigenvalue weighted by molar-refractivity contribution is -0.148. The van der Waals surface area contributed by atoms with Crippen molar-refractivity contribution in [3.8, 4) is 0 Å². The largest absolute Gasteiger partial charge is 0.481 e. The predicted molar refractivity (Wildman–Crippen MR) is 105 cm³/mol. The van der Waals surface area contributed by atoms with Gasteiger partial charge in [0.2, 0.25) is 11.8 Å². The summed E-state index contributed by atoms with van der Waals surface area (Å²) in [4.78, 5) is 48.3. The maximum absolute atomic E-state index is 12.5. The maximum atomic E-state index is 12.5. The number of carbonyl (C=O) groups excluding carboxylic acids is 3. The topological polar surface area (TPSA) is 125 Å². The van der Waals surface area contributed by atoms with E-state index >= 15 is 0 Å². The van der Waals surface area contributed by atoms with Gasteiger partial charge >= 0.3 is 5.97 Å². The highest BCUT2D eigenvalue weighted by atomic mass is 16.4. The molecular weight excluding hydrogens is 374 g/mol. The number of hydrazine groups is 1. The molecule has 4 atom stereocenters. The van der Waals surface area contributed by atoms with Crippen LogP contribution in [0.5, 0.6) is 0 Å². The summed E-state index contributed by atoms with van der Waals surface area (Å²) in [5.74, 6) is -3.90. The Morgan fingerprint density at radius 2 is 1.52 bits per heavy atom. The summed E-state index contributed by atoms with van der Waals surface area (Å²) in [6.45, 7) is 5.40. The third-order valence-corrected chi connectivity index (χ3v) is 5.43. The minimum Gasteiger partial charge on any atom is -0.481 e. The lowest BCUT2D eigenvalue weighted by Gasteiger charge is -2.23. The third-order valence-electron chi connectivity index (χ3n) is 5.43. The molecule has 8 heteroatoms. The molecule has 3 amide bonds. The van der Waals surface area contributed by atoms with Gasteiger partial charge in [0.1, 0.15) is 0 Å². The van der Waals surface area contributed by atoms with Crippen molar-refractivity contribution in [1.82, 2.24) is 10.9 Å². The number of carboxylic acids is 1. The first-order chi connectivity index (χ1) is 13.6. The van der Waals surface area contributed by atoms with Crippen molar-refractivity contribution in [2.45, 2.75) is 27.2 Å². The van der Waals surface area contributed by atoms with E-state index in [9.17, 15) is 24.3 Å². The first-order valence-corrected chi connectivity index (χ1v) is 9.51. The van der Waals surface area contributed by atoms with Crippen LogP contribution in [0.4, 0.5) is 5.69 Å². The Morgan fingerprint density at radius 3 is 2.07 bits per heavy atom. The Labute approximate surface area is 168 Å². The molecule has 0 saturated heterocycles. The quantitative estimate of drug-likeness (QED) is 0.455. The molecule has 1 aromatic rings. The van der Waals surface area contributed by atoms with Gasteiger partial charge in [-0.25, -0.2) is 0 Å². The number of fused-ring (bicyclic) bond motifs is 2. The molecule has 29 heavy (non-hydrogen) atoms. The summed E-state index contributed by atoms with van der Waals surface area (Å²) in [6.07, 6.45) is 4.37. The zero-order valence-electron chi connectivity index (χ0n) is 16.6. The van der Waals surface area contributed by atoms with E-state index in [0.717, 1.165) is 0 Å². The lowest BCUT2D eigenvalue weighted by Crippen LogP contribution is -2.48. The normalized spacial score (nSPS) is 24.8. The molecule has 8 nitrogen and oxygen atoms in total. The summed E-state index contributed by atoms with van der Waals surface area (Å²) in [6, 6.07) is 6.25. The van der Waals surface area contributed by atoms with Gasteiger partial charge in [-0.1, -0.05) is 32.9 Å². The Kier molecular flexibility index (Phi) is 5.46. The predicted octanol–water partition coefficient (Wildman–Crippen LogP) is 1.96. The molecule has 1 saturated carbocycles. The fourth-order valence-corrected chi connectivity index (χ4v) is 3.81. The fraction of sp³-hybridized carbons (Fsp3) is 0.429. The van der Waals surface area contributed by atoms with Crippen LogP contribution in [0.25, 0.3) is 0 Å². The molecule has 0 aromatic heterocycles. The number of hydrogen-bond donors (Lipinski definition) is 4. The molecule has 1 fully saturated rings. The van der Waals surface area contributed by atoms with Crippen LogP contribution < -0.4 is 16.2 Å². The van der Waals surface area contributed by atoms with Crippen LogP contribution in [-0.4, -0.2) is 28.8 Å². The fourth-order valence-electron chi connectivity index (χ4n) is 3.81. The van der Waals surface area contributed by atoms with E-state index in [1.54, 1.807) is 32.9 Å². The van der Waals surface area contributed by atoms with E-state index < -0.39 is 35.0 Å². The van der Waals surface area contributed by atoms with Crippen LogP contribution in [0.15, 0.2) is 36.4 Å². The van der Waals surface area contributed by atoms with Gasteiger partial charge in [-0.05, 0) is 42.5 Å². The third kappa shape index (κ3) is 4.31. The number of amides is 3. The second kappa shape index (κ2) is 7.69. The van der Waals surface area contributed by atoms with Crippen molar-refractivity contribution in [3.05, 3.63) is 42.0 Å². The molecule has 4 N–H and O–H groups in total. The molecule has 0 aliphatic heterocycles. The highest BCUT2D eigenvalue weighted by Gasteiger charge is 2.51. The highest BCUT2D eigenvalue weighted by molar-refractivity contribution is 5.98. The standard InChI is InChI=1S/C21H25N3O5/c1-21(2,3)20(29)22-14-8-6-11(7-9-14)17(25)23-24-18(26)15-12-4-5-13(10-12)16(15)19(27)28/h4-9,12-13,15-16H,10H2,1-3H3,(H,22,29)(H,23,25)(H,24,26)(H,27,28)/t12-,13-,15+,16-/m0/s1. The van der Waals surface area contributed by atoms with E-state index in [4.69, 9.17) is 0 Å². The zero-order chi connectivity index (χ0) is 21.3.